The maximum atomic E-state index is 12.7. The monoisotopic (exact) mass is 440 g/mol. The topological polar surface area (TPSA) is 104 Å². The number of benzene rings is 3. The highest BCUT2D eigenvalue weighted by molar-refractivity contribution is 7.92. The zero-order chi connectivity index (χ0) is 21.3. The Morgan fingerprint density at radius 3 is 2.40 bits per heavy atom. The van der Waals surface area contributed by atoms with Crippen molar-refractivity contribution in [2.24, 2.45) is 0 Å². The molecule has 1 heterocycles. The zero-order valence-electron chi connectivity index (χ0n) is 15.8. The van der Waals surface area contributed by atoms with E-state index in [1.165, 1.54) is 31.2 Å². The van der Waals surface area contributed by atoms with Crippen LogP contribution in [0, 0.1) is 0 Å². The van der Waals surface area contributed by atoms with Crippen molar-refractivity contribution in [1.29, 1.82) is 0 Å². The summed E-state index contributed by atoms with van der Waals surface area (Å²) in [7, 11) is -3.80. The summed E-state index contributed by atoms with van der Waals surface area (Å²) in [5.41, 5.74) is 3.07. The summed E-state index contributed by atoms with van der Waals surface area (Å²) < 4.78 is 28.0. The fourth-order valence-corrected chi connectivity index (χ4v) is 4.35. The van der Waals surface area contributed by atoms with Crippen LogP contribution >= 0.6 is 11.6 Å². The van der Waals surface area contributed by atoms with Gasteiger partial charge in [0.15, 0.2) is 0 Å². The molecular formula is C21H17ClN4O3S. The molecule has 0 aliphatic carbocycles. The number of fused-ring (bicyclic) bond motifs is 1. The Morgan fingerprint density at radius 2 is 1.70 bits per heavy atom. The zero-order valence-corrected chi connectivity index (χ0v) is 17.4. The summed E-state index contributed by atoms with van der Waals surface area (Å²) in [5.74, 6) is -0.229. The van der Waals surface area contributed by atoms with Crippen LogP contribution in [0.15, 0.2) is 71.6 Å². The number of nitrogens with zero attached hydrogens (tertiary/aromatic N) is 1. The van der Waals surface area contributed by atoms with Gasteiger partial charge in [-0.05, 0) is 48.5 Å². The van der Waals surface area contributed by atoms with E-state index in [0.29, 0.717) is 27.6 Å². The van der Waals surface area contributed by atoms with Gasteiger partial charge in [0.05, 0.1) is 21.1 Å². The molecule has 7 nitrogen and oxygen atoms in total. The molecule has 0 atom stereocenters. The molecule has 1 aromatic heterocycles. The van der Waals surface area contributed by atoms with Crippen LogP contribution in [-0.2, 0) is 14.8 Å². The van der Waals surface area contributed by atoms with Crippen molar-refractivity contribution < 1.29 is 13.2 Å². The number of aromatic amines is 1. The number of hydrogen-bond acceptors (Lipinski definition) is 4. The van der Waals surface area contributed by atoms with Gasteiger partial charge in [0.25, 0.3) is 10.0 Å². The molecule has 0 aliphatic heterocycles. The summed E-state index contributed by atoms with van der Waals surface area (Å²) in [4.78, 5) is 11.2. The molecular weight excluding hydrogens is 424 g/mol. The lowest BCUT2D eigenvalue weighted by Gasteiger charge is -2.09. The molecule has 0 saturated carbocycles. The molecule has 0 fully saturated rings. The van der Waals surface area contributed by atoms with Gasteiger partial charge in [0, 0.05) is 23.6 Å². The number of H-pyrrole nitrogens is 1. The normalized spacial score (nSPS) is 11.4. The number of hydrogen-bond donors (Lipinski definition) is 3. The lowest BCUT2D eigenvalue weighted by molar-refractivity contribution is -0.114. The van der Waals surface area contributed by atoms with Crippen molar-refractivity contribution in [3.8, 4) is 11.3 Å². The first-order chi connectivity index (χ1) is 14.3. The number of sulfonamides is 1. The second kappa shape index (κ2) is 7.81. The Kier molecular flexibility index (Phi) is 5.19. The number of carbonyl (C=O) groups is 1. The van der Waals surface area contributed by atoms with Gasteiger partial charge in [-0.3, -0.25) is 14.6 Å². The lowest BCUT2D eigenvalue weighted by atomic mass is 10.1. The van der Waals surface area contributed by atoms with Gasteiger partial charge >= 0.3 is 0 Å². The van der Waals surface area contributed by atoms with Crippen molar-refractivity contribution in [3.63, 3.8) is 0 Å². The first-order valence-corrected chi connectivity index (χ1v) is 10.8. The molecule has 152 valence electrons. The van der Waals surface area contributed by atoms with Crippen LogP contribution in [0.3, 0.4) is 0 Å². The van der Waals surface area contributed by atoms with Crippen molar-refractivity contribution in [3.05, 3.63) is 71.8 Å². The number of carbonyl (C=O) groups excluding carboxylic acids is 1. The number of nitrogens with one attached hydrogen (secondary N) is 3. The molecule has 3 aromatic carbocycles. The molecule has 0 unspecified atom stereocenters. The summed E-state index contributed by atoms with van der Waals surface area (Å²) in [6.45, 7) is 1.38. The molecule has 0 saturated heterocycles. The molecule has 4 rings (SSSR count). The number of aromatic nitrogens is 2. The van der Waals surface area contributed by atoms with E-state index in [4.69, 9.17) is 11.6 Å². The summed E-state index contributed by atoms with van der Waals surface area (Å²) in [6.07, 6.45) is 0. The maximum absolute atomic E-state index is 12.7. The second-order valence-electron chi connectivity index (χ2n) is 6.62. The van der Waals surface area contributed by atoms with Crippen LogP contribution in [0.4, 0.5) is 11.4 Å². The van der Waals surface area contributed by atoms with E-state index in [2.05, 4.69) is 20.2 Å². The third kappa shape index (κ3) is 4.00. The van der Waals surface area contributed by atoms with Gasteiger partial charge in [-0.1, -0.05) is 29.8 Å². The Morgan fingerprint density at radius 1 is 1.00 bits per heavy atom. The number of anilines is 2. The third-order valence-electron chi connectivity index (χ3n) is 4.43. The fraction of sp³-hybridized carbons (Fsp3) is 0.0476. The first kappa shape index (κ1) is 19.9. The predicted molar refractivity (Wildman–Crippen MR) is 118 cm³/mol. The largest absolute Gasteiger partial charge is 0.326 e. The maximum Gasteiger partial charge on any atom is 0.261 e. The quantitative estimate of drug-likeness (QED) is 0.420. The third-order valence-corrected chi connectivity index (χ3v) is 6.16. The molecule has 4 aromatic rings. The van der Waals surface area contributed by atoms with Gasteiger partial charge in [-0.25, -0.2) is 8.42 Å². The van der Waals surface area contributed by atoms with Crippen LogP contribution in [0.5, 0.6) is 0 Å². The van der Waals surface area contributed by atoms with E-state index in [-0.39, 0.29) is 10.8 Å². The summed E-state index contributed by atoms with van der Waals surface area (Å²) >= 11 is 6.27. The Hall–Kier alpha value is -3.36. The molecule has 1 amide bonds. The summed E-state index contributed by atoms with van der Waals surface area (Å²) in [5, 5.41) is 11.3. The molecule has 30 heavy (non-hydrogen) atoms. The van der Waals surface area contributed by atoms with Crippen LogP contribution in [0.1, 0.15) is 6.92 Å². The van der Waals surface area contributed by atoms with Gasteiger partial charge in [0.1, 0.15) is 5.69 Å². The highest BCUT2D eigenvalue weighted by Crippen LogP contribution is 2.32. The van der Waals surface area contributed by atoms with Gasteiger partial charge in [-0.15, -0.1) is 0 Å². The van der Waals surface area contributed by atoms with Gasteiger partial charge < -0.3 is 5.32 Å². The van der Waals surface area contributed by atoms with E-state index >= 15 is 0 Å². The molecule has 0 radical (unpaired) electrons. The average molecular weight is 441 g/mol. The minimum atomic E-state index is -3.80. The Bertz CT molecular complexity index is 1350. The van der Waals surface area contributed by atoms with Crippen LogP contribution in [0.25, 0.3) is 22.2 Å². The first-order valence-electron chi connectivity index (χ1n) is 8.97. The fourth-order valence-electron chi connectivity index (χ4n) is 3.08. The standard InChI is InChI=1S/C21H17ClN4O3S/c1-13(27)23-14-6-9-16(10-7-14)30(28,29)26-15-8-11-18-20(12-15)24-25-21(18)17-4-2-3-5-19(17)22/h2-12,26H,1H3,(H,23,27)(H,24,25). The van der Waals surface area contributed by atoms with E-state index < -0.39 is 10.0 Å². The minimum Gasteiger partial charge on any atom is -0.326 e. The molecule has 0 aliphatic rings. The molecule has 0 spiro atoms. The predicted octanol–water partition coefficient (Wildman–Crippen LogP) is 4.64. The molecule has 9 heteroatoms. The second-order valence-corrected chi connectivity index (χ2v) is 8.71. The van der Waals surface area contributed by atoms with Crippen LogP contribution < -0.4 is 10.0 Å². The van der Waals surface area contributed by atoms with E-state index in [0.717, 1.165) is 10.9 Å². The number of rotatable bonds is 5. The molecule has 3 N–H and O–H groups in total. The van der Waals surface area contributed by atoms with E-state index in [9.17, 15) is 13.2 Å². The van der Waals surface area contributed by atoms with E-state index in [1.807, 2.05) is 18.2 Å². The van der Waals surface area contributed by atoms with Crippen molar-refractivity contribution in [1.82, 2.24) is 10.2 Å². The van der Waals surface area contributed by atoms with Gasteiger partial charge in [-0.2, -0.15) is 5.10 Å². The van der Waals surface area contributed by atoms with Crippen LogP contribution in [0.2, 0.25) is 5.02 Å². The Balaban J connectivity index is 1.61. The highest BCUT2D eigenvalue weighted by atomic mass is 35.5. The van der Waals surface area contributed by atoms with Crippen molar-refractivity contribution in [2.45, 2.75) is 11.8 Å². The van der Waals surface area contributed by atoms with Crippen LogP contribution in [-0.4, -0.2) is 24.5 Å². The Labute approximate surface area is 178 Å². The number of halogens is 1. The van der Waals surface area contributed by atoms with Crippen molar-refractivity contribution >= 4 is 49.8 Å². The molecule has 0 bridgehead atoms. The van der Waals surface area contributed by atoms with Gasteiger partial charge in [0.2, 0.25) is 5.91 Å². The smallest absolute Gasteiger partial charge is 0.261 e. The lowest BCUT2D eigenvalue weighted by Crippen LogP contribution is -2.13. The minimum absolute atomic E-state index is 0.0815. The highest BCUT2D eigenvalue weighted by Gasteiger charge is 2.16. The summed E-state index contributed by atoms with van der Waals surface area (Å²) in [6, 6.07) is 18.4. The average Bonchev–Trinajstić information content (AvgIpc) is 3.11. The van der Waals surface area contributed by atoms with E-state index in [1.54, 1.807) is 24.3 Å². The SMILES string of the molecule is CC(=O)Nc1ccc(S(=O)(=O)Nc2ccc3c(-c4ccccc4Cl)n[nH]c3c2)cc1. The van der Waals surface area contributed by atoms with Crippen molar-refractivity contribution in [2.75, 3.05) is 10.0 Å². The number of amides is 1.